The van der Waals surface area contributed by atoms with E-state index < -0.39 is 0 Å². The summed E-state index contributed by atoms with van der Waals surface area (Å²) in [5.41, 5.74) is 3.11. The maximum Gasteiger partial charge on any atom is 0.243 e. The number of hydrogen-bond acceptors (Lipinski definition) is 2. The molecule has 0 saturated carbocycles. The molecule has 3 heteroatoms. The highest BCUT2D eigenvalue weighted by molar-refractivity contribution is 6.12. The number of hydrogen-bond donors (Lipinski definition) is 0. The highest BCUT2D eigenvalue weighted by Gasteiger charge is 2.38. The summed E-state index contributed by atoms with van der Waals surface area (Å²) in [6.07, 6.45) is 3.05. The molecule has 142 valence electrons. The van der Waals surface area contributed by atoms with Gasteiger partial charge in [0, 0.05) is 18.4 Å². The fourth-order valence-electron chi connectivity index (χ4n) is 3.99. The zero-order valence-corrected chi connectivity index (χ0v) is 16.6. The maximum absolute atomic E-state index is 12.9. The first-order valence-corrected chi connectivity index (χ1v) is 9.97. The van der Waals surface area contributed by atoms with Crippen molar-refractivity contribution in [1.29, 1.82) is 0 Å². The molecular weight excluding hydrogens is 344 g/mol. The van der Waals surface area contributed by atoms with Gasteiger partial charge in [-0.3, -0.25) is 4.79 Å². The second kappa shape index (κ2) is 7.59. The Labute approximate surface area is 166 Å². The van der Waals surface area contributed by atoms with Crippen molar-refractivity contribution in [1.82, 2.24) is 5.01 Å². The van der Waals surface area contributed by atoms with E-state index in [1.165, 1.54) is 16.3 Å². The Morgan fingerprint density at radius 3 is 2.50 bits per heavy atom. The Morgan fingerprint density at radius 1 is 0.964 bits per heavy atom. The number of carbonyl (C=O) groups is 1. The predicted octanol–water partition coefficient (Wildman–Crippen LogP) is 5.58. The Morgan fingerprint density at radius 2 is 1.68 bits per heavy atom. The molecule has 1 amide bonds. The summed E-state index contributed by atoms with van der Waals surface area (Å²) in [4.78, 5) is 12.9. The van der Waals surface area contributed by atoms with Crippen LogP contribution in [0.15, 0.2) is 77.9 Å². The molecule has 0 aromatic heterocycles. The quantitative estimate of drug-likeness (QED) is 0.577. The Kier molecular flexibility index (Phi) is 4.99. The van der Waals surface area contributed by atoms with Crippen LogP contribution in [0.5, 0.6) is 0 Å². The van der Waals surface area contributed by atoms with Crippen LogP contribution in [0.2, 0.25) is 0 Å². The molecule has 0 saturated heterocycles. The first-order chi connectivity index (χ1) is 13.5. The molecule has 4 rings (SSSR count). The van der Waals surface area contributed by atoms with Crippen LogP contribution in [0.1, 0.15) is 44.2 Å². The molecular formula is C25H26N2O. The molecule has 3 aromatic rings. The van der Waals surface area contributed by atoms with E-state index in [0.29, 0.717) is 6.42 Å². The number of amides is 1. The Bertz CT molecular complexity index is 1020. The largest absolute Gasteiger partial charge is 0.273 e. The van der Waals surface area contributed by atoms with Crippen molar-refractivity contribution < 1.29 is 4.79 Å². The summed E-state index contributed by atoms with van der Waals surface area (Å²) in [6, 6.07) is 25.0. The third-order valence-electron chi connectivity index (χ3n) is 5.43. The van der Waals surface area contributed by atoms with Gasteiger partial charge in [-0.05, 0) is 43.0 Å². The number of carbonyl (C=O) groups excluding carboxylic acids is 1. The van der Waals surface area contributed by atoms with Crippen LogP contribution >= 0.6 is 0 Å². The molecule has 0 unspecified atom stereocenters. The number of rotatable bonds is 5. The van der Waals surface area contributed by atoms with E-state index in [1.54, 1.807) is 5.01 Å². The van der Waals surface area contributed by atoms with Crippen molar-refractivity contribution in [3.63, 3.8) is 0 Å². The first kappa shape index (κ1) is 18.4. The van der Waals surface area contributed by atoms with Gasteiger partial charge in [-0.15, -0.1) is 0 Å². The smallest absolute Gasteiger partial charge is 0.243 e. The van der Waals surface area contributed by atoms with Crippen molar-refractivity contribution in [3.05, 3.63) is 83.9 Å². The lowest BCUT2D eigenvalue weighted by Crippen LogP contribution is -2.40. The van der Waals surface area contributed by atoms with Crippen LogP contribution in [-0.4, -0.2) is 22.2 Å². The molecule has 0 spiro atoms. The number of aryl methyl sites for hydroxylation is 1. The van der Waals surface area contributed by atoms with E-state index in [1.807, 2.05) is 18.2 Å². The van der Waals surface area contributed by atoms with Gasteiger partial charge in [0.2, 0.25) is 5.91 Å². The van der Waals surface area contributed by atoms with Crippen molar-refractivity contribution >= 4 is 22.4 Å². The second-order valence-corrected chi connectivity index (χ2v) is 8.11. The lowest BCUT2D eigenvalue weighted by molar-refractivity contribution is -0.135. The Hall–Kier alpha value is -2.94. The van der Waals surface area contributed by atoms with Crippen molar-refractivity contribution in [2.24, 2.45) is 5.10 Å². The third kappa shape index (κ3) is 3.70. The summed E-state index contributed by atoms with van der Waals surface area (Å²) >= 11 is 0. The summed E-state index contributed by atoms with van der Waals surface area (Å²) < 4.78 is 0. The molecule has 1 aliphatic rings. The van der Waals surface area contributed by atoms with Gasteiger partial charge in [0.25, 0.3) is 0 Å². The van der Waals surface area contributed by atoms with Crippen LogP contribution < -0.4 is 0 Å². The van der Waals surface area contributed by atoms with Gasteiger partial charge in [-0.25, -0.2) is 5.01 Å². The van der Waals surface area contributed by atoms with E-state index in [-0.39, 0.29) is 11.4 Å². The van der Waals surface area contributed by atoms with Crippen LogP contribution in [0.3, 0.4) is 0 Å². The van der Waals surface area contributed by atoms with E-state index in [0.717, 1.165) is 30.5 Å². The van der Waals surface area contributed by atoms with Crippen molar-refractivity contribution in [2.45, 2.75) is 45.1 Å². The second-order valence-electron chi connectivity index (χ2n) is 8.11. The highest BCUT2D eigenvalue weighted by Crippen LogP contribution is 2.32. The fraction of sp³-hybridized carbons (Fsp3) is 0.280. The molecule has 1 heterocycles. The number of hydrazone groups is 1. The van der Waals surface area contributed by atoms with E-state index in [4.69, 9.17) is 5.10 Å². The van der Waals surface area contributed by atoms with E-state index >= 15 is 0 Å². The van der Waals surface area contributed by atoms with Gasteiger partial charge in [-0.2, -0.15) is 5.10 Å². The normalized spacial score (nSPS) is 15.6. The van der Waals surface area contributed by atoms with Crippen LogP contribution in [-0.2, 0) is 11.2 Å². The minimum atomic E-state index is -0.296. The van der Waals surface area contributed by atoms with Gasteiger partial charge < -0.3 is 0 Å². The van der Waals surface area contributed by atoms with Gasteiger partial charge in [0.05, 0.1) is 11.3 Å². The average Bonchev–Trinajstić information content (AvgIpc) is 3.03. The first-order valence-electron chi connectivity index (χ1n) is 9.97. The number of fused-ring (bicyclic) bond motifs is 1. The summed E-state index contributed by atoms with van der Waals surface area (Å²) in [5, 5.41) is 8.90. The van der Waals surface area contributed by atoms with E-state index in [2.05, 4.69) is 68.4 Å². The molecule has 1 aliphatic heterocycles. The third-order valence-corrected chi connectivity index (χ3v) is 5.43. The number of benzene rings is 3. The van der Waals surface area contributed by atoms with Crippen LogP contribution in [0.25, 0.3) is 10.8 Å². The standard InChI is InChI=1S/C25H26N2O/c1-25(2)18-23(22-16-9-14-20-13-6-7-15-21(20)22)26-27(25)24(28)17-8-12-19-10-4-3-5-11-19/h3-7,9-11,13-16H,8,12,17-18H2,1-2H3. The summed E-state index contributed by atoms with van der Waals surface area (Å²) in [5.74, 6) is 0.108. The summed E-state index contributed by atoms with van der Waals surface area (Å²) in [6.45, 7) is 4.20. The summed E-state index contributed by atoms with van der Waals surface area (Å²) in [7, 11) is 0. The lowest BCUT2D eigenvalue weighted by atomic mass is 9.92. The Balaban J connectivity index is 1.52. The van der Waals surface area contributed by atoms with Gasteiger partial charge in [0.15, 0.2) is 0 Å². The van der Waals surface area contributed by atoms with Crippen molar-refractivity contribution in [2.75, 3.05) is 0 Å². The molecule has 3 aromatic carbocycles. The van der Waals surface area contributed by atoms with E-state index in [9.17, 15) is 4.79 Å². The SMILES string of the molecule is CC1(C)CC(c2cccc3ccccc23)=NN1C(=O)CCCc1ccccc1. The minimum Gasteiger partial charge on any atom is -0.273 e. The highest BCUT2D eigenvalue weighted by atomic mass is 16.2. The molecule has 0 bridgehead atoms. The molecule has 0 fully saturated rings. The molecule has 0 aliphatic carbocycles. The van der Waals surface area contributed by atoms with Gasteiger partial charge in [0.1, 0.15) is 0 Å². The topological polar surface area (TPSA) is 32.7 Å². The van der Waals surface area contributed by atoms with Crippen LogP contribution in [0, 0.1) is 0 Å². The van der Waals surface area contributed by atoms with Crippen molar-refractivity contribution in [3.8, 4) is 0 Å². The van der Waals surface area contributed by atoms with Gasteiger partial charge >= 0.3 is 0 Å². The van der Waals surface area contributed by atoms with Crippen LogP contribution in [0.4, 0.5) is 0 Å². The molecule has 28 heavy (non-hydrogen) atoms. The fourth-order valence-corrected chi connectivity index (χ4v) is 3.99. The monoisotopic (exact) mass is 370 g/mol. The lowest BCUT2D eigenvalue weighted by Gasteiger charge is -2.28. The zero-order valence-electron chi connectivity index (χ0n) is 16.6. The molecule has 0 radical (unpaired) electrons. The maximum atomic E-state index is 12.9. The zero-order chi connectivity index (χ0) is 19.6. The molecule has 0 atom stereocenters. The van der Waals surface area contributed by atoms with Gasteiger partial charge in [-0.1, -0.05) is 72.8 Å². The molecule has 3 nitrogen and oxygen atoms in total. The average molecular weight is 370 g/mol. The predicted molar refractivity (Wildman–Crippen MR) is 115 cm³/mol. The minimum absolute atomic E-state index is 0.108. The number of nitrogens with zero attached hydrogens (tertiary/aromatic N) is 2. The molecule has 0 N–H and O–H groups in total.